The molecule has 0 aromatic heterocycles. The number of esters is 1. The predicted octanol–water partition coefficient (Wildman–Crippen LogP) is 16.6. The van der Waals surface area contributed by atoms with Gasteiger partial charge in [0.05, 0.1) is 24.0 Å². The lowest BCUT2D eigenvalue weighted by Crippen LogP contribution is -2.30. The molecule has 0 radical (unpaired) electrons. The maximum absolute atomic E-state index is 13.1. The van der Waals surface area contributed by atoms with Gasteiger partial charge in [-0.3, -0.25) is 4.79 Å². The van der Waals surface area contributed by atoms with E-state index < -0.39 is 5.41 Å². The van der Waals surface area contributed by atoms with Gasteiger partial charge >= 0.3 is 5.97 Å². The minimum atomic E-state index is -0.630. The number of phenols is 1. The minimum absolute atomic E-state index is 0.0176. The molecular formula is C70H83N2O5+. The minimum Gasteiger partial charge on any atom is -0.508 e. The molecule has 6 aromatic rings. The zero-order valence-corrected chi connectivity index (χ0v) is 47.4. The quantitative estimate of drug-likeness (QED) is 0.0425. The number of aliphatic hydroxyl groups excluding tert-OH is 1. The van der Waals surface area contributed by atoms with E-state index in [0.717, 1.165) is 63.5 Å². The maximum Gasteiger partial charge on any atom is 0.311 e. The first kappa shape index (κ1) is 55.1. The van der Waals surface area contributed by atoms with Crippen LogP contribution in [0.1, 0.15) is 153 Å². The standard InChI is InChI=1S/C70H82N2O5/c1-10-48(25-26-51(50-27-35-56(74)36-28-50)43-44-70(7,11-2)67(75)77-47-45-73)49-29-37-57(38-30-49)76-46-17-24-58-52(33-41-63-68(3,4)65-59-22-14-12-18-54(59)31-39-61(65)71(63)8)20-16-21-53(58)34-42-64-69(5,6)66-60-23-15-13-19-55(60)32-40-62(66)72(64)9/h12-15,18-19,22-23,27-42,48,51,73H,10-11,16-17,20-21,24-26,43-47H2,1-9H3/p+1. The molecule has 0 bridgehead atoms. The number of carbonyl (C=O) groups excluding carboxylic acids is 1. The Morgan fingerprint density at radius 1 is 0.753 bits per heavy atom. The average Bonchev–Trinajstić information content (AvgIpc) is 3.85. The summed E-state index contributed by atoms with van der Waals surface area (Å²) in [5.41, 5.74) is 13.8. The van der Waals surface area contributed by atoms with Crippen molar-refractivity contribution in [3.05, 3.63) is 190 Å². The van der Waals surface area contributed by atoms with E-state index in [-0.39, 0.29) is 41.7 Å². The zero-order valence-electron chi connectivity index (χ0n) is 47.4. The number of aromatic hydroxyl groups is 1. The van der Waals surface area contributed by atoms with Crippen molar-refractivity contribution in [1.82, 2.24) is 0 Å². The van der Waals surface area contributed by atoms with Crippen LogP contribution in [0.2, 0.25) is 0 Å². The smallest absolute Gasteiger partial charge is 0.311 e. The molecule has 0 saturated heterocycles. The normalized spacial score (nSPS) is 18.6. The van der Waals surface area contributed by atoms with Crippen LogP contribution in [-0.4, -0.2) is 60.4 Å². The highest BCUT2D eigenvalue weighted by Gasteiger charge is 2.44. The van der Waals surface area contributed by atoms with E-state index in [1.165, 1.54) is 83.3 Å². The van der Waals surface area contributed by atoms with Gasteiger partial charge in [0.15, 0.2) is 5.71 Å². The molecule has 3 unspecified atom stereocenters. The summed E-state index contributed by atoms with van der Waals surface area (Å²) in [6.45, 7) is 16.3. The maximum atomic E-state index is 13.1. The van der Waals surface area contributed by atoms with Crippen LogP contribution >= 0.6 is 0 Å². The second kappa shape index (κ2) is 23.5. The summed E-state index contributed by atoms with van der Waals surface area (Å²) in [6, 6.07) is 43.1. The Balaban J connectivity index is 0.924. The van der Waals surface area contributed by atoms with E-state index >= 15 is 0 Å². The van der Waals surface area contributed by atoms with Gasteiger partial charge in [0.25, 0.3) is 0 Å². The molecule has 2 aliphatic heterocycles. The van der Waals surface area contributed by atoms with E-state index in [0.29, 0.717) is 25.4 Å². The number of nitrogens with zero attached hydrogens (tertiary/aromatic N) is 2. The molecule has 7 nitrogen and oxygen atoms in total. The van der Waals surface area contributed by atoms with E-state index in [1.807, 2.05) is 26.0 Å². The van der Waals surface area contributed by atoms with Crippen LogP contribution in [0.4, 0.5) is 11.4 Å². The third-order valence-corrected chi connectivity index (χ3v) is 17.9. The van der Waals surface area contributed by atoms with E-state index in [1.54, 1.807) is 12.1 Å². The Bertz CT molecular complexity index is 3260. The Morgan fingerprint density at radius 3 is 2.09 bits per heavy atom. The number of rotatable bonds is 21. The highest BCUT2D eigenvalue weighted by Crippen LogP contribution is 2.51. The third kappa shape index (κ3) is 11.3. The van der Waals surface area contributed by atoms with Crippen molar-refractivity contribution in [2.75, 3.05) is 38.8 Å². The summed E-state index contributed by atoms with van der Waals surface area (Å²) in [7, 11) is 4.46. The first-order valence-corrected chi connectivity index (χ1v) is 28.6. The monoisotopic (exact) mass is 1030 g/mol. The van der Waals surface area contributed by atoms with Gasteiger partial charge in [-0.25, -0.2) is 0 Å². The van der Waals surface area contributed by atoms with Crippen molar-refractivity contribution in [1.29, 1.82) is 0 Å². The van der Waals surface area contributed by atoms with Gasteiger partial charge in [-0.1, -0.05) is 119 Å². The number of ether oxygens (including phenoxy) is 2. The Morgan fingerprint density at radius 2 is 1.40 bits per heavy atom. The van der Waals surface area contributed by atoms with Gasteiger partial charge in [0, 0.05) is 41.6 Å². The molecule has 2 heterocycles. The molecule has 3 aliphatic rings. The van der Waals surface area contributed by atoms with Crippen molar-refractivity contribution in [3.8, 4) is 11.5 Å². The third-order valence-electron chi connectivity index (χ3n) is 17.9. The number of carbonyl (C=O) groups is 1. The Labute approximate surface area is 459 Å². The van der Waals surface area contributed by atoms with E-state index in [2.05, 4.69) is 180 Å². The Hall–Kier alpha value is -6.70. The molecular weight excluding hydrogens is 949 g/mol. The lowest BCUT2D eigenvalue weighted by Gasteiger charge is -2.29. The number of phenolic OH excluding ortho intramolecular Hbond substituents is 1. The summed E-state index contributed by atoms with van der Waals surface area (Å²) in [4.78, 5) is 15.5. The van der Waals surface area contributed by atoms with Crippen molar-refractivity contribution >= 4 is 44.6 Å². The summed E-state index contributed by atoms with van der Waals surface area (Å²) in [5, 5.41) is 24.6. The van der Waals surface area contributed by atoms with Crippen molar-refractivity contribution in [2.45, 2.75) is 142 Å². The number of fused-ring (bicyclic) bond motifs is 6. The lowest BCUT2D eigenvalue weighted by molar-refractivity contribution is -0.401. The van der Waals surface area contributed by atoms with Gasteiger partial charge in [-0.2, -0.15) is 4.58 Å². The fourth-order valence-corrected chi connectivity index (χ4v) is 13.1. The molecule has 6 aromatic carbocycles. The van der Waals surface area contributed by atoms with Crippen LogP contribution in [0.3, 0.4) is 0 Å². The fourth-order valence-electron chi connectivity index (χ4n) is 13.1. The Kier molecular flexibility index (Phi) is 16.8. The van der Waals surface area contributed by atoms with Crippen LogP contribution in [0.15, 0.2) is 168 Å². The number of anilines is 1. The van der Waals surface area contributed by atoms with Crippen LogP contribution < -0.4 is 9.64 Å². The SMILES string of the molecule is CCC(CCC(CCC(C)(CC)C(=O)OCCO)c1ccc(O)cc1)c1ccc(OCCCC2=C(C=CC3=[N+](C)c4ccc5ccccc5c4C3(C)C)CCCC2=CC=C2N(C)c3ccc4ccccc4c3C2(C)C)cc1. The molecule has 2 N–H and O–H groups in total. The largest absolute Gasteiger partial charge is 0.508 e. The first-order valence-electron chi connectivity index (χ1n) is 28.6. The molecule has 77 heavy (non-hydrogen) atoms. The number of hydrogen-bond donors (Lipinski definition) is 2. The summed E-state index contributed by atoms with van der Waals surface area (Å²) < 4.78 is 14.4. The van der Waals surface area contributed by atoms with Crippen LogP contribution in [-0.2, 0) is 20.4 Å². The van der Waals surface area contributed by atoms with Crippen LogP contribution in [0.5, 0.6) is 11.5 Å². The summed E-state index contributed by atoms with van der Waals surface area (Å²) >= 11 is 0. The van der Waals surface area contributed by atoms with Crippen LogP contribution in [0.25, 0.3) is 21.5 Å². The molecule has 0 amide bonds. The molecule has 0 fully saturated rings. The van der Waals surface area contributed by atoms with Gasteiger partial charge in [0.2, 0.25) is 5.69 Å². The summed E-state index contributed by atoms with van der Waals surface area (Å²) in [5.74, 6) is 1.47. The first-order chi connectivity index (χ1) is 37.1. The molecule has 9 rings (SSSR count). The topological polar surface area (TPSA) is 82.2 Å². The van der Waals surface area contributed by atoms with Crippen molar-refractivity contribution in [2.24, 2.45) is 5.41 Å². The summed E-state index contributed by atoms with van der Waals surface area (Å²) in [6.07, 6.45) is 19.9. The average molecular weight is 1030 g/mol. The predicted molar refractivity (Wildman–Crippen MR) is 319 cm³/mol. The number of aliphatic hydroxyl groups is 1. The van der Waals surface area contributed by atoms with Gasteiger partial charge < -0.3 is 24.6 Å². The van der Waals surface area contributed by atoms with Crippen molar-refractivity contribution < 1.29 is 29.1 Å². The molecule has 402 valence electrons. The van der Waals surface area contributed by atoms with Gasteiger partial charge in [0.1, 0.15) is 25.2 Å². The van der Waals surface area contributed by atoms with E-state index in [4.69, 9.17) is 9.47 Å². The molecule has 0 saturated carbocycles. The number of allylic oxidation sites excluding steroid dienone is 8. The second-order valence-corrected chi connectivity index (χ2v) is 23.4. The number of likely N-dealkylation sites (N-methyl/N-ethyl adjacent to an activating group) is 1. The molecule has 7 heteroatoms. The zero-order chi connectivity index (χ0) is 54.5. The lowest BCUT2D eigenvalue weighted by atomic mass is 9.77. The van der Waals surface area contributed by atoms with Crippen LogP contribution in [0, 0.1) is 5.41 Å². The highest BCUT2D eigenvalue weighted by atomic mass is 16.5. The van der Waals surface area contributed by atoms with Gasteiger partial charge in [-0.05, 0) is 201 Å². The molecule has 3 atom stereocenters. The van der Waals surface area contributed by atoms with Crippen molar-refractivity contribution in [3.63, 3.8) is 0 Å². The fraction of sp³-hybridized carbons (Fsp3) is 0.400. The van der Waals surface area contributed by atoms with E-state index in [9.17, 15) is 15.0 Å². The number of benzene rings is 6. The number of hydrogen-bond acceptors (Lipinski definition) is 6. The second-order valence-electron chi connectivity index (χ2n) is 23.4. The molecule has 0 spiro atoms. The van der Waals surface area contributed by atoms with Gasteiger partial charge in [-0.15, -0.1) is 0 Å². The highest BCUT2D eigenvalue weighted by molar-refractivity contribution is 6.07. The molecule has 1 aliphatic carbocycles.